The largest absolute Gasteiger partial charge is 0.356 e. The number of rotatable bonds is 5. The van der Waals surface area contributed by atoms with Gasteiger partial charge in [0.1, 0.15) is 11.6 Å². The Kier molecular flexibility index (Phi) is 4.05. The van der Waals surface area contributed by atoms with Crippen LogP contribution in [0.5, 0.6) is 0 Å². The number of aromatic amines is 1. The van der Waals surface area contributed by atoms with Crippen molar-refractivity contribution < 1.29 is 0 Å². The molecule has 110 valence electrons. The van der Waals surface area contributed by atoms with Gasteiger partial charge in [0.15, 0.2) is 0 Å². The van der Waals surface area contributed by atoms with E-state index in [4.69, 9.17) is 0 Å². The fourth-order valence-corrected chi connectivity index (χ4v) is 2.79. The molecule has 2 aliphatic rings. The van der Waals surface area contributed by atoms with Crippen molar-refractivity contribution in [2.75, 3.05) is 24.5 Å². The highest BCUT2D eigenvalue weighted by Crippen LogP contribution is 2.28. The summed E-state index contributed by atoms with van der Waals surface area (Å²) in [6.07, 6.45) is 5.86. The van der Waals surface area contributed by atoms with Crippen molar-refractivity contribution in [1.29, 1.82) is 0 Å². The Labute approximate surface area is 119 Å². The first-order valence-corrected chi connectivity index (χ1v) is 7.83. The number of nitrogens with zero attached hydrogens (tertiary/aromatic N) is 2. The van der Waals surface area contributed by atoms with Crippen molar-refractivity contribution in [3.8, 4) is 0 Å². The number of piperidine rings is 1. The van der Waals surface area contributed by atoms with Gasteiger partial charge in [-0.2, -0.15) is 0 Å². The molecule has 5 nitrogen and oxygen atoms in total. The number of aryl methyl sites for hydroxylation is 1. The number of aromatic nitrogens is 2. The molecule has 2 heterocycles. The van der Waals surface area contributed by atoms with Gasteiger partial charge in [0.25, 0.3) is 5.56 Å². The van der Waals surface area contributed by atoms with Crippen molar-refractivity contribution in [2.24, 2.45) is 5.92 Å². The van der Waals surface area contributed by atoms with Gasteiger partial charge in [-0.15, -0.1) is 0 Å². The Morgan fingerprint density at radius 2 is 2.10 bits per heavy atom. The molecular formula is C15H24N4O. The van der Waals surface area contributed by atoms with Gasteiger partial charge in [0, 0.05) is 31.6 Å². The van der Waals surface area contributed by atoms with Crippen molar-refractivity contribution in [2.45, 2.75) is 45.1 Å². The third-order valence-electron chi connectivity index (χ3n) is 4.32. The maximum absolute atomic E-state index is 11.6. The summed E-state index contributed by atoms with van der Waals surface area (Å²) < 4.78 is 0. The third-order valence-corrected chi connectivity index (χ3v) is 4.32. The van der Waals surface area contributed by atoms with E-state index in [1.807, 2.05) is 6.92 Å². The normalized spacial score (nSPS) is 20.4. The molecule has 0 spiro atoms. The average molecular weight is 276 g/mol. The summed E-state index contributed by atoms with van der Waals surface area (Å²) >= 11 is 0. The summed E-state index contributed by atoms with van der Waals surface area (Å²) in [5.74, 6) is 2.56. The summed E-state index contributed by atoms with van der Waals surface area (Å²) in [7, 11) is 0. The average Bonchev–Trinajstić information content (AvgIpc) is 3.29. The molecule has 0 bridgehead atoms. The van der Waals surface area contributed by atoms with E-state index in [-0.39, 0.29) is 5.56 Å². The highest BCUT2D eigenvalue weighted by atomic mass is 16.1. The molecule has 0 radical (unpaired) electrons. The van der Waals surface area contributed by atoms with Crippen LogP contribution in [0.3, 0.4) is 0 Å². The van der Waals surface area contributed by atoms with Gasteiger partial charge in [0.2, 0.25) is 0 Å². The maximum Gasteiger partial charge on any atom is 0.252 e. The number of anilines is 1. The van der Waals surface area contributed by atoms with Crippen LogP contribution in [0.25, 0.3) is 0 Å². The van der Waals surface area contributed by atoms with Crippen LogP contribution in [0.4, 0.5) is 5.82 Å². The Morgan fingerprint density at radius 1 is 1.35 bits per heavy atom. The van der Waals surface area contributed by atoms with E-state index in [1.165, 1.54) is 19.4 Å². The summed E-state index contributed by atoms with van der Waals surface area (Å²) in [5.41, 5.74) is -0.0409. The van der Waals surface area contributed by atoms with Gasteiger partial charge in [-0.1, -0.05) is 6.92 Å². The monoisotopic (exact) mass is 276 g/mol. The van der Waals surface area contributed by atoms with Gasteiger partial charge in [-0.3, -0.25) is 4.79 Å². The van der Waals surface area contributed by atoms with Crippen LogP contribution in [0.15, 0.2) is 10.9 Å². The second-order valence-electron chi connectivity index (χ2n) is 6.02. The molecule has 0 aromatic carbocycles. The number of H-pyrrole nitrogens is 1. The molecule has 0 amide bonds. The van der Waals surface area contributed by atoms with Crippen LogP contribution in [0, 0.1) is 5.92 Å². The molecule has 1 saturated carbocycles. The lowest BCUT2D eigenvalue weighted by Crippen LogP contribution is -2.43. The van der Waals surface area contributed by atoms with Crippen LogP contribution >= 0.6 is 0 Å². The van der Waals surface area contributed by atoms with Gasteiger partial charge < -0.3 is 15.2 Å². The fourth-order valence-electron chi connectivity index (χ4n) is 2.79. The van der Waals surface area contributed by atoms with E-state index in [0.29, 0.717) is 6.04 Å². The molecule has 20 heavy (non-hydrogen) atoms. The predicted octanol–water partition coefficient (Wildman–Crippen LogP) is 1.30. The van der Waals surface area contributed by atoms with Crippen LogP contribution in [-0.2, 0) is 6.42 Å². The Bertz CT molecular complexity index is 501. The quantitative estimate of drug-likeness (QED) is 0.851. The van der Waals surface area contributed by atoms with Crippen LogP contribution < -0.4 is 15.8 Å². The molecule has 2 N–H and O–H groups in total. The first-order valence-electron chi connectivity index (χ1n) is 7.83. The molecule has 0 unspecified atom stereocenters. The lowest BCUT2D eigenvalue weighted by atomic mass is 10.0. The zero-order valence-corrected chi connectivity index (χ0v) is 12.2. The van der Waals surface area contributed by atoms with Gasteiger partial charge in [0.05, 0.1) is 0 Å². The molecular weight excluding hydrogens is 252 g/mol. The number of hydrogen-bond acceptors (Lipinski definition) is 4. The van der Waals surface area contributed by atoms with Gasteiger partial charge in [-0.25, -0.2) is 4.98 Å². The van der Waals surface area contributed by atoms with Crippen molar-refractivity contribution in [3.63, 3.8) is 0 Å². The first-order chi connectivity index (χ1) is 9.74. The van der Waals surface area contributed by atoms with Gasteiger partial charge in [-0.05, 0) is 38.1 Å². The Hall–Kier alpha value is -1.36. The molecule has 3 rings (SSSR count). The Morgan fingerprint density at radius 3 is 2.75 bits per heavy atom. The molecule has 1 saturated heterocycles. The van der Waals surface area contributed by atoms with E-state index >= 15 is 0 Å². The van der Waals surface area contributed by atoms with Crippen molar-refractivity contribution in [3.05, 3.63) is 22.2 Å². The highest BCUT2D eigenvalue weighted by Gasteiger charge is 2.24. The first kappa shape index (κ1) is 13.6. The SMILES string of the molecule is CCc1nc(N2CCC(NCC3CC3)CC2)cc(=O)[nH]1. The molecule has 1 aliphatic carbocycles. The summed E-state index contributed by atoms with van der Waals surface area (Å²) in [6, 6.07) is 2.26. The van der Waals surface area contributed by atoms with Crippen LogP contribution in [-0.4, -0.2) is 35.6 Å². The maximum atomic E-state index is 11.6. The molecule has 1 aromatic heterocycles. The van der Waals surface area contributed by atoms with Crippen LogP contribution in [0.2, 0.25) is 0 Å². The summed E-state index contributed by atoms with van der Waals surface area (Å²) in [6.45, 7) is 5.17. The van der Waals surface area contributed by atoms with E-state index < -0.39 is 0 Å². The van der Waals surface area contributed by atoms with Crippen LogP contribution in [0.1, 0.15) is 38.4 Å². The number of nitrogens with one attached hydrogen (secondary N) is 2. The smallest absolute Gasteiger partial charge is 0.252 e. The van der Waals surface area contributed by atoms with Gasteiger partial charge >= 0.3 is 0 Å². The zero-order chi connectivity index (χ0) is 13.9. The topological polar surface area (TPSA) is 61.0 Å². The van der Waals surface area contributed by atoms with Crippen molar-refractivity contribution in [1.82, 2.24) is 15.3 Å². The van der Waals surface area contributed by atoms with E-state index in [9.17, 15) is 4.79 Å². The fraction of sp³-hybridized carbons (Fsp3) is 0.733. The lowest BCUT2D eigenvalue weighted by molar-refractivity contribution is 0.407. The number of hydrogen-bond donors (Lipinski definition) is 2. The summed E-state index contributed by atoms with van der Waals surface area (Å²) in [4.78, 5) is 21.2. The molecule has 2 fully saturated rings. The molecule has 1 aromatic rings. The lowest BCUT2D eigenvalue weighted by Gasteiger charge is -2.33. The third kappa shape index (κ3) is 3.39. The highest BCUT2D eigenvalue weighted by molar-refractivity contribution is 5.38. The predicted molar refractivity (Wildman–Crippen MR) is 80.2 cm³/mol. The second-order valence-corrected chi connectivity index (χ2v) is 6.02. The standard InChI is InChI=1S/C15H24N4O/c1-2-13-17-14(9-15(20)18-13)19-7-5-12(6-8-19)16-10-11-3-4-11/h9,11-12,16H,2-8,10H2,1H3,(H,17,18,20). The van der Waals surface area contributed by atoms with E-state index in [1.54, 1.807) is 6.07 Å². The zero-order valence-electron chi connectivity index (χ0n) is 12.2. The minimum Gasteiger partial charge on any atom is -0.356 e. The molecule has 5 heteroatoms. The molecule has 1 aliphatic heterocycles. The Balaban J connectivity index is 1.56. The van der Waals surface area contributed by atoms with E-state index in [0.717, 1.165) is 49.9 Å². The second kappa shape index (κ2) is 5.95. The van der Waals surface area contributed by atoms with Crippen molar-refractivity contribution >= 4 is 5.82 Å². The molecule has 0 atom stereocenters. The van der Waals surface area contributed by atoms with E-state index in [2.05, 4.69) is 20.2 Å². The minimum absolute atomic E-state index is 0.0409. The minimum atomic E-state index is -0.0409. The summed E-state index contributed by atoms with van der Waals surface area (Å²) in [5, 5.41) is 3.67.